The molecule has 0 radical (unpaired) electrons. The zero-order chi connectivity index (χ0) is 20.1. The largest absolute Gasteiger partial charge is 0.454 e. The fourth-order valence-corrected chi connectivity index (χ4v) is 2.79. The number of benzene rings is 1. The molecule has 2 N–H and O–H groups in total. The summed E-state index contributed by atoms with van der Waals surface area (Å²) >= 11 is 0. The Morgan fingerprint density at radius 1 is 1.21 bits per heavy atom. The predicted molar refractivity (Wildman–Crippen MR) is 107 cm³/mol. The third-order valence-corrected chi connectivity index (χ3v) is 4.12. The molecule has 1 amide bonds. The van der Waals surface area contributed by atoms with Crippen molar-refractivity contribution in [2.75, 3.05) is 25.2 Å². The second-order valence-electron chi connectivity index (χ2n) is 6.27. The van der Waals surface area contributed by atoms with Crippen molar-refractivity contribution < 1.29 is 14.3 Å². The first-order valence-electron chi connectivity index (χ1n) is 9.12. The number of anilines is 1. The highest BCUT2D eigenvalue weighted by Gasteiger charge is 2.12. The minimum atomic E-state index is -0.180. The van der Waals surface area contributed by atoms with E-state index in [1.807, 2.05) is 37.4 Å². The molecular weight excluding hydrogens is 372 g/mol. The smallest absolute Gasteiger partial charge is 0.244 e. The number of aromatic nitrogens is 4. The highest BCUT2D eigenvalue weighted by Crippen LogP contribution is 2.32. The van der Waals surface area contributed by atoms with Crippen molar-refractivity contribution in [1.29, 1.82) is 0 Å². The second kappa shape index (κ2) is 8.42. The summed E-state index contributed by atoms with van der Waals surface area (Å²) < 4.78 is 12.3. The quantitative estimate of drug-likeness (QED) is 0.468. The molecule has 4 rings (SSSR count). The number of rotatable bonds is 7. The monoisotopic (exact) mass is 392 g/mol. The van der Waals surface area contributed by atoms with Crippen LogP contribution in [0.2, 0.25) is 0 Å². The fraction of sp³-hybridized carbons (Fsp3) is 0.200. The molecule has 0 atom stereocenters. The molecule has 0 bridgehead atoms. The number of nitrogens with one attached hydrogen (secondary N) is 2. The van der Waals surface area contributed by atoms with Crippen molar-refractivity contribution in [3.63, 3.8) is 0 Å². The van der Waals surface area contributed by atoms with E-state index in [1.54, 1.807) is 23.0 Å². The molecule has 1 aliphatic rings. The lowest BCUT2D eigenvalue weighted by molar-refractivity contribution is -0.116. The van der Waals surface area contributed by atoms with Gasteiger partial charge in [0, 0.05) is 37.6 Å². The number of amides is 1. The molecule has 1 aliphatic heterocycles. The number of nitrogens with zero attached hydrogens (tertiary/aromatic N) is 4. The molecule has 0 aliphatic carbocycles. The molecule has 0 unspecified atom stereocenters. The fourth-order valence-electron chi connectivity index (χ4n) is 2.79. The molecule has 3 aromatic rings. The summed E-state index contributed by atoms with van der Waals surface area (Å²) in [7, 11) is 0. The van der Waals surface area contributed by atoms with E-state index in [2.05, 4.69) is 25.7 Å². The Hall–Kier alpha value is -3.88. The van der Waals surface area contributed by atoms with Gasteiger partial charge in [0.25, 0.3) is 0 Å². The van der Waals surface area contributed by atoms with Gasteiger partial charge in [-0.05, 0) is 36.8 Å². The number of hydrogen-bond acceptors (Lipinski definition) is 7. The van der Waals surface area contributed by atoms with E-state index in [0.29, 0.717) is 42.0 Å². The number of hydrogen-bond donors (Lipinski definition) is 2. The van der Waals surface area contributed by atoms with Gasteiger partial charge in [0.15, 0.2) is 17.3 Å². The lowest BCUT2D eigenvalue weighted by Crippen LogP contribution is -2.27. The van der Waals surface area contributed by atoms with E-state index in [-0.39, 0.29) is 12.7 Å². The number of carbonyl (C=O) groups excluding carboxylic acids is 1. The average Bonchev–Trinajstić information content (AvgIpc) is 3.40. The number of carbonyl (C=O) groups is 1. The standard InChI is InChI=1S/C20H20N6O3/c1-14-24-18(12-19(25-14)26-10-2-7-23-26)21-8-9-22-20(27)6-4-15-3-5-16-17(11-15)29-13-28-16/h2-7,10-12H,8-9,13H2,1H3,(H,22,27)(H,21,24,25)/b6-4+. The van der Waals surface area contributed by atoms with E-state index < -0.39 is 0 Å². The van der Waals surface area contributed by atoms with E-state index in [9.17, 15) is 4.79 Å². The Balaban J connectivity index is 1.26. The van der Waals surface area contributed by atoms with Gasteiger partial charge in [-0.15, -0.1) is 0 Å². The Kier molecular flexibility index (Phi) is 5.37. The summed E-state index contributed by atoms with van der Waals surface area (Å²) in [6.07, 6.45) is 6.73. The lowest BCUT2D eigenvalue weighted by atomic mass is 10.2. The van der Waals surface area contributed by atoms with E-state index >= 15 is 0 Å². The zero-order valence-corrected chi connectivity index (χ0v) is 15.8. The van der Waals surface area contributed by atoms with Crippen LogP contribution in [0.3, 0.4) is 0 Å². The van der Waals surface area contributed by atoms with Crippen LogP contribution < -0.4 is 20.1 Å². The van der Waals surface area contributed by atoms with Crippen LogP contribution in [-0.4, -0.2) is 45.5 Å². The molecule has 0 spiro atoms. The van der Waals surface area contributed by atoms with Gasteiger partial charge in [-0.2, -0.15) is 5.10 Å². The zero-order valence-electron chi connectivity index (χ0n) is 15.8. The van der Waals surface area contributed by atoms with Gasteiger partial charge in [0.2, 0.25) is 12.7 Å². The topological polar surface area (TPSA) is 103 Å². The Morgan fingerprint density at radius 2 is 2.10 bits per heavy atom. The van der Waals surface area contributed by atoms with Gasteiger partial charge >= 0.3 is 0 Å². The molecule has 2 aromatic heterocycles. The maximum atomic E-state index is 12.0. The third-order valence-electron chi connectivity index (χ3n) is 4.12. The van der Waals surface area contributed by atoms with Crippen molar-refractivity contribution in [3.05, 3.63) is 60.2 Å². The summed E-state index contributed by atoms with van der Waals surface area (Å²) in [4.78, 5) is 20.7. The van der Waals surface area contributed by atoms with Crippen LogP contribution in [0.5, 0.6) is 11.5 Å². The number of ether oxygens (including phenoxy) is 2. The summed E-state index contributed by atoms with van der Waals surface area (Å²) in [5.74, 6) is 3.21. The first-order valence-corrected chi connectivity index (χ1v) is 9.12. The van der Waals surface area contributed by atoms with Gasteiger partial charge in [0.1, 0.15) is 11.6 Å². The van der Waals surface area contributed by atoms with Gasteiger partial charge in [0.05, 0.1) is 0 Å². The summed E-state index contributed by atoms with van der Waals surface area (Å²) in [5.41, 5.74) is 0.866. The molecule has 1 aromatic carbocycles. The molecule has 29 heavy (non-hydrogen) atoms. The molecule has 3 heterocycles. The minimum Gasteiger partial charge on any atom is -0.454 e. The van der Waals surface area contributed by atoms with Crippen LogP contribution in [-0.2, 0) is 4.79 Å². The van der Waals surface area contributed by atoms with Crippen LogP contribution in [0.4, 0.5) is 5.82 Å². The summed E-state index contributed by atoms with van der Waals surface area (Å²) in [5, 5.41) is 10.2. The van der Waals surface area contributed by atoms with Crippen LogP contribution >= 0.6 is 0 Å². The minimum absolute atomic E-state index is 0.180. The van der Waals surface area contributed by atoms with Crippen molar-refractivity contribution in [2.24, 2.45) is 0 Å². The Bertz CT molecular complexity index is 1030. The first kappa shape index (κ1) is 18.5. The molecule has 0 saturated carbocycles. The van der Waals surface area contributed by atoms with Gasteiger partial charge < -0.3 is 20.1 Å². The Morgan fingerprint density at radius 3 is 2.97 bits per heavy atom. The van der Waals surface area contributed by atoms with E-state index in [0.717, 1.165) is 5.56 Å². The van der Waals surface area contributed by atoms with Crippen LogP contribution in [0.15, 0.2) is 48.8 Å². The summed E-state index contributed by atoms with van der Waals surface area (Å²) in [6, 6.07) is 9.17. The summed E-state index contributed by atoms with van der Waals surface area (Å²) in [6.45, 7) is 3.02. The van der Waals surface area contributed by atoms with Gasteiger partial charge in [-0.1, -0.05) is 6.07 Å². The molecule has 0 saturated heterocycles. The predicted octanol–water partition coefficient (Wildman–Crippen LogP) is 1.94. The van der Waals surface area contributed by atoms with Crippen molar-refractivity contribution in [1.82, 2.24) is 25.1 Å². The van der Waals surface area contributed by atoms with E-state index in [1.165, 1.54) is 6.08 Å². The maximum absolute atomic E-state index is 12.0. The molecule has 9 heteroatoms. The molecular formula is C20H20N6O3. The average molecular weight is 392 g/mol. The molecule has 9 nitrogen and oxygen atoms in total. The first-order chi connectivity index (χ1) is 14.2. The maximum Gasteiger partial charge on any atom is 0.244 e. The number of aryl methyl sites for hydroxylation is 1. The van der Waals surface area contributed by atoms with Crippen molar-refractivity contribution in [3.8, 4) is 17.3 Å². The van der Waals surface area contributed by atoms with Crippen LogP contribution in [0, 0.1) is 6.92 Å². The van der Waals surface area contributed by atoms with Crippen LogP contribution in [0.25, 0.3) is 11.9 Å². The van der Waals surface area contributed by atoms with Gasteiger partial charge in [-0.25, -0.2) is 14.6 Å². The number of fused-ring (bicyclic) bond motifs is 1. The molecule has 148 valence electrons. The highest BCUT2D eigenvalue weighted by atomic mass is 16.7. The SMILES string of the molecule is Cc1nc(NCCNC(=O)/C=C/c2ccc3c(c2)OCO3)cc(-n2cccn2)n1. The Labute approximate surface area is 167 Å². The van der Waals surface area contributed by atoms with Crippen molar-refractivity contribution >= 4 is 17.8 Å². The molecule has 0 fully saturated rings. The highest BCUT2D eigenvalue weighted by molar-refractivity contribution is 5.91. The van der Waals surface area contributed by atoms with Crippen molar-refractivity contribution in [2.45, 2.75) is 6.92 Å². The third kappa shape index (κ3) is 4.70. The van der Waals surface area contributed by atoms with Crippen LogP contribution in [0.1, 0.15) is 11.4 Å². The van der Waals surface area contributed by atoms with E-state index in [4.69, 9.17) is 9.47 Å². The normalized spacial score (nSPS) is 12.3. The van der Waals surface area contributed by atoms with Gasteiger partial charge in [-0.3, -0.25) is 4.79 Å². The second-order valence-corrected chi connectivity index (χ2v) is 6.27. The lowest BCUT2D eigenvalue weighted by Gasteiger charge is -2.09.